The zero-order chi connectivity index (χ0) is 9.03. The summed E-state index contributed by atoms with van der Waals surface area (Å²) in [6.45, 7) is -0.283. The SMILES string of the molecule is C[Si](Cl)(Cl)C1=C/C=C\C=C/C=C1. The maximum atomic E-state index is 6.06. The molecule has 0 unspecified atom stereocenters. The molecule has 1 aliphatic carbocycles. The number of hydrogen-bond acceptors (Lipinski definition) is 0. The third kappa shape index (κ3) is 3.01. The molecular formula is C9H10Cl2Si. The molecule has 0 heterocycles. The molecule has 0 amide bonds. The predicted molar refractivity (Wildman–Crippen MR) is 58.8 cm³/mol. The highest BCUT2D eigenvalue weighted by atomic mass is 35.7. The van der Waals surface area contributed by atoms with Crippen molar-refractivity contribution in [3.8, 4) is 0 Å². The Bertz CT molecular complexity index is 267. The lowest BCUT2D eigenvalue weighted by Gasteiger charge is -2.11. The summed E-state index contributed by atoms with van der Waals surface area (Å²) in [6, 6.07) is 0. The average Bonchev–Trinajstić information content (AvgIpc) is 1.81. The second kappa shape index (κ2) is 4.12. The molecule has 0 saturated carbocycles. The van der Waals surface area contributed by atoms with E-state index in [-0.39, 0.29) is 0 Å². The minimum atomic E-state index is -2.18. The van der Waals surface area contributed by atoms with Crippen molar-refractivity contribution in [1.82, 2.24) is 0 Å². The summed E-state index contributed by atoms with van der Waals surface area (Å²) in [5.74, 6) is 0. The molecule has 0 nitrogen and oxygen atoms in total. The number of halogens is 2. The van der Waals surface area contributed by atoms with E-state index in [0.717, 1.165) is 5.20 Å². The summed E-state index contributed by atoms with van der Waals surface area (Å²) in [6.07, 6.45) is 13.7. The van der Waals surface area contributed by atoms with E-state index in [4.69, 9.17) is 22.2 Å². The molecule has 0 aromatic carbocycles. The van der Waals surface area contributed by atoms with Crippen LogP contribution in [0.3, 0.4) is 0 Å². The molecular weight excluding hydrogens is 207 g/mol. The summed E-state index contributed by atoms with van der Waals surface area (Å²) >= 11 is 12.1. The van der Waals surface area contributed by atoms with Crippen molar-refractivity contribution in [2.75, 3.05) is 0 Å². The lowest BCUT2D eigenvalue weighted by molar-refractivity contribution is 1.74. The van der Waals surface area contributed by atoms with Crippen LogP contribution in [0.4, 0.5) is 0 Å². The second-order valence-corrected chi connectivity index (χ2v) is 10.1. The Hall–Kier alpha value is -0.243. The molecule has 0 aliphatic heterocycles. The van der Waals surface area contributed by atoms with E-state index in [0.29, 0.717) is 0 Å². The summed E-state index contributed by atoms with van der Waals surface area (Å²) in [5, 5.41) is 1.03. The van der Waals surface area contributed by atoms with E-state index in [1.165, 1.54) is 0 Å². The van der Waals surface area contributed by atoms with Crippen LogP contribution in [0.5, 0.6) is 0 Å². The Kier molecular flexibility index (Phi) is 3.38. The van der Waals surface area contributed by atoms with E-state index in [1.54, 1.807) is 0 Å². The van der Waals surface area contributed by atoms with Crippen LogP contribution in [-0.2, 0) is 0 Å². The van der Waals surface area contributed by atoms with Gasteiger partial charge in [-0.1, -0.05) is 42.5 Å². The van der Waals surface area contributed by atoms with E-state index in [9.17, 15) is 0 Å². The van der Waals surface area contributed by atoms with Gasteiger partial charge in [-0.3, -0.25) is 0 Å². The molecule has 0 saturated heterocycles. The molecule has 1 aliphatic rings. The fourth-order valence-electron chi connectivity index (χ4n) is 0.859. The Morgan fingerprint density at radius 2 is 1.58 bits per heavy atom. The van der Waals surface area contributed by atoms with Crippen molar-refractivity contribution in [2.24, 2.45) is 0 Å². The highest BCUT2D eigenvalue weighted by Crippen LogP contribution is 2.25. The molecule has 12 heavy (non-hydrogen) atoms. The summed E-state index contributed by atoms with van der Waals surface area (Å²) in [5.41, 5.74) is 0. The van der Waals surface area contributed by atoms with E-state index < -0.39 is 6.69 Å². The first-order valence-electron chi connectivity index (χ1n) is 3.71. The molecule has 0 atom stereocenters. The molecule has 1 rings (SSSR count). The highest BCUT2D eigenvalue weighted by molar-refractivity contribution is 7.48. The quantitative estimate of drug-likeness (QED) is 0.464. The van der Waals surface area contributed by atoms with Gasteiger partial charge in [-0.15, -0.1) is 22.2 Å². The van der Waals surface area contributed by atoms with Crippen LogP contribution < -0.4 is 0 Å². The van der Waals surface area contributed by atoms with Gasteiger partial charge in [-0.05, 0) is 11.7 Å². The second-order valence-electron chi connectivity index (χ2n) is 2.64. The van der Waals surface area contributed by atoms with Crippen molar-refractivity contribution in [3.63, 3.8) is 0 Å². The molecule has 0 bridgehead atoms. The maximum Gasteiger partial charge on any atom is 0.277 e. The number of allylic oxidation sites excluding steroid dienone is 8. The van der Waals surface area contributed by atoms with Crippen LogP contribution in [0.25, 0.3) is 0 Å². The molecule has 0 spiro atoms. The molecule has 3 heteroatoms. The van der Waals surface area contributed by atoms with Gasteiger partial charge in [0.15, 0.2) is 0 Å². The lowest BCUT2D eigenvalue weighted by Crippen LogP contribution is -2.15. The molecule has 0 radical (unpaired) electrons. The first-order chi connectivity index (χ1) is 5.61. The van der Waals surface area contributed by atoms with Gasteiger partial charge >= 0.3 is 0 Å². The number of hydrogen-bond donors (Lipinski definition) is 0. The molecule has 0 aromatic heterocycles. The van der Waals surface area contributed by atoms with Gasteiger partial charge in [0.25, 0.3) is 6.69 Å². The fourth-order valence-corrected chi connectivity index (χ4v) is 2.39. The van der Waals surface area contributed by atoms with Crippen molar-refractivity contribution in [3.05, 3.63) is 47.7 Å². The van der Waals surface area contributed by atoms with Crippen molar-refractivity contribution in [1.29, 1.82) is 0 Å². The number of rotatable bonds is 1. The Labute approximate surface area is 83.3 Å². The van der Waals surface area contributed by atoms with Crippen LogP contribution >= 0.6 is 22.2 Å². The Morgan fingerprint density at radius 1 is 1.00 bits per heavy atom. The zero-order valence-corrected chi connectivity index (χ0v) is 9.31. The monoisotopic (exact) mass is 216 g/mol. The standard InChI is InChI=1S/C9H10Cl2Si/c1-12(10,11)9-7-5-3-2-4-6-8-9/h2-8H,1H3/b3-2-,4-2?,5-3?,6-4-,7-5?,8-6?,9-7?,9-8?. The average molecular weight is 217 g/mol. The van der Waals surface area contributed by atoms with Gasteiger partial charge in [0.05, 0.1) is 0 Å². The minimum Gasteiger partial charge on any atom is -0.140 e. The smallest absolute Gasteiger partial charge is 0.140 e. The van der Waals surface area contributed by atoms with E-state index >= 15 is 0 Å². The van der Waals surface area contributed by atoms with Gasteiger partial charge in [-0.2, -0.15) is 0 Å². The van der Waals surface area contributed by atoms with Gasteiger partial charge in [0.1, 0.15) is 0 Å². The minimum absolute atomic E-state index is 1.03. The van der Waals surface area contributed by atoms with Crippen LogP contribution in [0.15, 0.2) is 47.7 Å². The lowest BCUT2D eigenvalue weighted by atomic mass is 10.3. The first-order valence-corrected chi connectivity index (χ1v) is 8.23. The van der Waals surface area contributed by atoms with Gasteiger partial charge in [0, 0.05) is 0 Å². The summed E-state index contributed by atoms with van der Waals surface area (Å²) in [4.78, 5) is 0. The molecule has 0 aromatic rings. The molecule has 0 fully saturated rings. The Morgan fingerprint density at radius 3 is 2.25 bits per heavy atom. The van der Waals surface area contributed by atoms with Gasteiger partial charge in [-0.25, -0.2) is 0 Å². The highest BCUT2D eigenvalue weighted by Gasteiger charge is 2.24. The van der Waals surface area contributed by atoms with Crippen molar-refractivity contribution in [2.45, 2.75) is 6.55 Å². The van der Waals surface area contributed by atoms with Crippen LogP contribution in [0.1, 0.15) is 0 Å². The van der Waals surface area contributed by atoms with E-state index in [1.807, 2.05) is 49.1 Å². The molecule has 64 valence electrons. The third-order valence-electron chi connectivity index (χ3n) is 1.50. The van der Waals surface area contributed by atoms with Crippen LogP contribution in [0, 0.1) is 0 Å². The van der Waals surface area contributed by atoms with Crippen LogP contribution in [0.2, 0.25) is 6.55 Å². The van der Waals surface area contributed by atoms with E-state index in [2.05, 4.69) is 0 Å². The third-order valence-corrected chi connectivity index (χ3v) is 4.16. The molecule has 0 N–H and O–H groups in total. The predicted octanol–water partition coefficient (Wildman–Crippen LogP) is 3.68. The summed E-state index contributed by atoms with van der Waals surface area (Å²) in [7, 11) is 0. The normalized spacial score (nSPS) is 22.4. The first kappa shape index (κ1) is 9.84. The van der Waals surface area contributed by atoms with Crippen molar-refractivity contribution < 1.29 is 0 Å². The maximum absolute atomic E-state index is 6.06. The van der Waals surface area contributed by atoms with Crippen LogP contribution in [-0.4, -0.2) is 6.69 Å². The summed E-state index contributed by atoms with van der Waals surface area (Å²) < 4.78 is 0. The van der Waals surface area contributed by atoms with Crippen molar-refractivity contribution >= 4 is 28.9 Å². The topological polar surface area (TPSA) is 0 Å². The zero-order valence-electron chi connectivity index (χ0n) is 6.80. The largest absolute Gasteiger partial charge is 0.277 e. The Balaban J connectivity index is 2.90. The fraction of sp³-hybridized carbons (Fsp3) is 0.111. The van der Waals surface area contributed by atoms with Gasteiger partial charge in [0.2, 0.25) is 0 Å². The van der Waals surface area contributed by atoms with Gasteiger partial charge < -0.3 is 0 Å².